The Labute approximate surface area is 152 Å². The second-order valence-electron chi connectivity index (χ2n) is 6.71. The highest BCUT2D eigenvalue weighted by Gasteiger charge is 2.25. The number of carbonyl (C=O) groups excluding carboxylic acids is 1. The van der Waals surface area contributed by atoms with Gasteiger partial charge in [-0.15, -0.1) is 11.3 Å². The first-order chi connectivity index (χ1) is 12.3. The van der Waals surface area contributed by atoms with E-state index in [1.165, 1.54) is 10.4 Å². The lowest BCUT2D eigenvalue weighted by molar-refractivity contribution is -0.122. The molecule has 0 bridgehead atoms. The van der Waals surface area contributed by atoms with Gasteiger partial charge in [-0.2, -0.15) is 0 Å². The van der Waals surface area contributed by atoms with E-state index >= 15 is 0 Å². The zero-order valence-electron chi connectivity index (χ0n) is 14.2. The molecule has 2 aromatic rings. The van der Waals surface area contributed by atoms with Crippen molar-refractivity contribution in [2.24, 2.45) is 5.92 Å². The molecule has 1 aromatic heterocycles. The minimum absolute atomic E-state index is 0.0595. The molecule has 4 rings (SSSR count). The number of nitrogens with one attached hydrogen (secondary N) is 1. The number of anilines is 1. The number of hydrogen-bond donors (Lipinski definition) is 1. The van der Waals surface area contributed by atoms with Crippen LogP contribution in [0.4, 0.5) is 5.13 Å². The lowest BCUT2D eigenvalue weighted by Crippen LogP contribution is -2.29. The van der Waals surface area contributed by atoms with Crippen molar-refractivity contribution in [3.8, 4) is 0 Å². The van der Waals surface area contributed by atoms with Gasteiger partial charge >= 0.3 is 0 Å². The van der Waals surface area contributed by atoms with Crippen molar-refractivity contribution in [1.82, 2.24) is 9.88 Å². The van der Waals surface area contributed by atoms with Gasteiger partial charge in [0.05, 0.1) is 5.69 Å². The van der Waals surface area contributed by atoms with Crippen molar-refractivity contribution in [3.63, 3.8) is 0 Å². The van der Waals surface area contributed by atoms with Crippen LogP contribution < -0.4 is 5.32 Å². The van der Waals surface area contributed by atoms with Gasteiger partial charge in [0.25, 0.3) is 0 Å². The van der Waals surface area contributed by atoms with E-state index in [1.54, 1.807) is 11.3 Å². The third kappa shape index (κ3) is 4.08. The number of carbonyl (C=O) groups is 1. The Bertz CT molecular complexity index is 726. The molecule has 0 aliphatic carbocycles. The summed E-state index contributed by atoms with van der Waals surface area (Å²) in [5, 5.41) is 3.78. The topological polar surface area (TPSA) is 54.5 Å². The summed E-state index contributed by atoms with van der Waals surface area (Å²) in [6, 6.07) is 10.6. The second-order valence-corrected chi connectivity index (χ2v) is 7.79. The van der Waals surface area contributed by atoms with Gasteiger partial charge in [0, 0.05) is 50.1 Å². The summed E-state index contributed by atoms with van der Waals surface area (Å²) in [6.45, 7) is 4.25. The molecular weight excluding hydrogens is 334 g/mol. The molecule has 1 aromatic carbocycles. The van der Waals surface area contributed by atoms with E-state index in [4.69, 9.17) is 4.74 Å². The molecular formula is C19H23N3O2S. The van der Waals surface area contributed by atoms with E-state index in [0.717, 1.165) is 49.7 Å². The molecule has 25 heavy (non-hydrogen) atoms. The van der Waals surface area contributed by atoms with E-state index in [1.807, 2.05) is 6.07 Å². The van der Waals surface area contributed by atoms with Gasteiger partial charge in [-0.3, -0.25) is 9.69 Å². The van der Waals surface area contributed by atoms with Gasteiger partial charge in [0.2, 0.25) is 5.91 Å². The van der Waals surface area contributed by atoms with Crippen LogP contribution in [0.2, 0.25) is 0 Å². The van der Waals surface area contributed by atoms with Crippen molar-refractivity contribution in [2.75, 3.05) is 25.1 Å². The van der Waals surface area contributed by atoms with Crippen molar-refractivity contribution in [3.05, 3.63) is 46.5 Å². The number of fused-ring (bicyclic) bond motifs is 1. The fraction of sp³-hybridized carbons (Fsp3) is 0.474. The van der Waals surface area contributed by atoms with Gasteiger partial charge in [-0.05, 0) is 18.4 Å². The molecule has 1 fully saturated rings. The molecule has 0 spiro atoms. The number of nitrogens with zero attached hydrogens (tertiary/aromatic N) is 2. The first-order valence-corrected chi connectivity index (χ1v) is 9.73. The third-order valence-corrected chi connectivity index (χ3v) is 5.88. The highest BCUT2D eigenvalue weighted by atomic mass is 32.1. The van der Waals surface area contributed by atoms with E-state index in [0.29, 0.717) is 13.2 Å². The number of rotatable bonds is 4. The number of amides is 1. The SMILES string of the molecule is O=C(Nc1nc2c(s1)CN(Cc1ccccc1)CC2)C1CCOCC1. The van der Waals surface area contributed by atoms with Gasteiger partial charge in [0.1, 0.15) is 0 Å². The number of thiazole rings is 1. The quantitative estimate of drug-likeness (QED) is 0.914. The standard InChI is InChI=1S/C19H23N3O2S/c23-18(15-7-10-24-11-8-15)21-19-20-16-6-9-22(13-17(16)25-19)12-14-4-2-1-3-5-14/h1-5,15H,6-13H2,(H,20,21,23). The van der Waals surface area contributed by atoms with Crippen LogP contribution in [0.25, 0.3) is 0 Å². The van der Waals surface area contributed by atoms with E-state index in [9.17, 15) is 4.79 Å². The Hall–Kier alpha value is -1.76. The summed E-state index contributed by atoms with van der Waals surface area (Å²) in [5.41, 5.74) is 2.49. The molecule has 2 aliphatic heterocycles. The molecule has 2 aliphatic rings. The van der Waals surface area contributed by atoms with Crippen LogP contribution in [0.3, 0.4) is 0 Å². The van der Waals surface area contributed by atoms with Crippen LogP contribution in [-0.4, -0.2) is 35.5 Å². The smallest absolute Gasteiger partial charge is 0.229 e. The maximum Gasteiger partial charge on any atom is 0.229 e. The summed E-state index contributed by atoms with van der Waals surface area (Å²) < 4.78 is 5.33. The third-order valence-electron chi connectivity index (χ3n) is 4.88. The Kier molecular flexibility index (Phi) is 5.10. The molecule has 1 saturated heterocycles. The Balaban J connectivity index is 1.38. The van der Waals surface area contributed by atoms with Crippen molar-refractivity contribution in [2.45, 2.75) is 32.4 Å². The van der Waals surface area contributed by atoms with E-state index in [-0.39, 0.29) is 11.8 Å². The fourth-order valence-electron chi connectivity index (χ4n) is 3.45. The van der Waals surface area contributed by atoms with Gasteiger partial charge in [-0.25, -0.2) is 4.98 Å². The monoisotopic (exact) mass is 357 g/mol. The molecule has 3 heterocycles. The summed E-state index contributed by atoms with van der Waals surface area (Å²) in [4.78, 5) is 20.8. The predicted octanol–water partition coefficient (Wildman–Crippen LogP) is 3.07. The molecule has 6 heteroatoms. The zero-order chi connectivity index (χ0) is 17.1. The first-order valence-electron chi connectivity index (χ1n) is 8.91. The van der Waals surface area contributed by atoms with Gasteiger partial charge in [0.15, 0.2) is 5.13 Å². The molecule has 5 nitrogen and oxygen atoms in total. The van der Waals surface area contributed by atoms with E-state index < -0.39 is 0 Å². The minimum Gasteiger partial charge on any atom is -0.381 e. The van der Waals surface area contributed by atoms with Crippen LogP contribution in [0.1, 0.15) is 29.0 Å². The van der Waals surface area contributed by atoms with Crippen LogP contribution >= 0.6 is 11.3 Å². The summed E-state index contributed by atoms with van der Waals surface area (Å²) in [5.74, 6) is 0.153. The highest BCUT2D eigenvalue weighted by molar-refractivity contribution is 7.15. The summed E-state index contributed by atoms with van der Waals surface area (Å²) >= 11 is 1.63. The lowest BCUT2D eigenvalue weighted by atomic mass is 10.00. The number of benzene rings is 1. The predicted molar refractivity (Wildman–Crippen MR) is 98.5 cm³/mol. The molecule has 0 unspecified atom stereocenters. The zero-order valence-corrected chi connectivity index (χ0v) is 15.1. The van der Waals surface area contributed by atoms with E-state index in [2.05, 4.69) is 39.5 Å². The van der Waals surface area contributed by atoms with Crippen molar-refractivity contribution in [1.29, 1.82) is 0 Å². The molecule has 1 amide bonds. The molecule has 0 radical (unpaired) electrons. The Morgan fingerprint density at radius 3 is 2.88 bits per heavy atom. The molecule has 1 N–H and O–H groups in total. The minimum atomic E-state index is 0.0595. The van der Waals surface area contributed by atoms with Gasteiger partial charge in [-0.1, -0.05) is 30.3 Å². The van der Waals surface area contributed by atoms with Crippen molar-refractivity contribution >= 4 is 22.4 Å². The summed E-state index contributed by atoms with van der Waals surface area (Å²) in [7, 11) is 0. The van der Waals surface area contributed by atoms with Crippen LogP contribution in [0.5, 0.6) is 0 Å². The molecule has 132 valence electrons. The number of ether oxygens (including phenoxy) is 1. The second kappa shape index (κ2) is 7.64. The Morgan fingerprint density at radius 2 is 2.08 bits per heavy atom. The van der Waals surface area contributed by atoms with Gasteiger partial charge < -0.3 is 10.1 Å². The van der Waals surface area contributed by atoms with Crippen LogP contribution in [-0.2, 0) is 29.0 Å². The maximum absolute atomic E-state index is 12.4. The Morgan fingerprint density at radius 1 is 1.28 bits per heavy atom. The highest BCUT2D eigenvalue weighted by Crippen LogP contribution is 2.29. The summed E-state index contributed by atoms with van der Waals surface area (Å²) in [6.07, 6.45) is 2.56. The van der Waals surface area contributed by atoms with Crippen LogP contribution in [0.15, 0.2) is 30.3 Å². The maximum atomic E-state index is 12.4. The number of aromatic nitrogens is 1. The average Bonchev–Trinajstić information content (AvgIpc) is 3.05. The van der Waals surface area contributed by atoms with Crippen molar-refractivity contribution < 1.29 is 9.53 Å². The normalized spacial score (nSPS) is 18.7. The number of hydrogen-bond acceptors (Lipinski definition) is 5. The lowest BCUT2D eigenvalue weighted by Gasteiger charge is -2.25. The fourth-order valence-corrected chi connectivity index (χ4v) is 4.50. The average molecular weight is 357 g/mol. The van der Waals surface area contributed by atoms with Crippen LogP contribution in [0, 0.1) is 5.92 Å². The molecule has 0 saturated carbocycles. The molecule has 0 atom stereocenters. The first kappa shape index (κ1) is 16.7. The largest absolute Gasteiger partial charge is 0.381 e.